The summed E-state index contributed by atoms with van der Waals surface area (Å²) >= 11 is 0. The second-order valence-corrected chi connectivity index (χ2v) is 3.18. The molecule has 0 unspecified atom stereocenters. The largest absolute Gasteiger partial charge is 0.419 e. The van der Waals surface area contributed by atoms with Gasteiger partial charge in [0, 0.05) is 11.8 Å². The van der Waals surface area contributed by atoms with Gasteiger partial charge in [0.05, 0.1) is 11.8 Å². The molecule has 0 saturated heterocycles. The molecule has 6 heteroatoms. The van der Waals surface area contributed by atoms with Gasteiger partial charge in [-0.25, -0.2) is 4.39 Å². The molecule has 0 amide bonds. The lowest BCUT2D eigenvalue weighted by Gasteiger charge is -2.08. The van der Waals surface area contributed by atoms with E-state index in [9.17, 15) is 17.6 Å². The van der Waals surface area contributed by atoms with Crippen molar-refractivity contribution in [2.24, 2.45) is 0 Å². The number of alkyl halides is 3. The molecule has 0 radical (unpaired) electrons. The molecule has 0 aliphatic carbocycles. The third-order valence-corrected chi connectivity index (χ3v) is 2.11. The predicted molar refractivity (Wildman–Crippen MR) is 49.0 cm³/mol. The minimum absolute atomic E-state index is 0.347. The third kappa shape index (κ3) is 1.91. The standard InChI is InChI=1S/C10H6F4N2/c11-9-3-6(7-4-15-16-5-7)1-2-8(9)10(12,13)14/h1-5H,(H,15,16). The van der Waals surface area contributed by atoms with E-state index in [1.165, 1.54) is 18.5 Å². The fourth-order valence-electron chi connectivity index (χ4n) is 1.33. The van der Waals surface area contributed by atoms with Crippen LogP contribution in [0.3, 0.4) is 0 Å². The topological polar surface area (TPSA) is 28.7 Å². The molecule has 16 heavy (non-hydrogen) atoms. The highest BCUT2D eigenvalue weighted by atomic mass is 19.4. The second kappa shape index (κ2) is 3.62. The van der Waals surface area contributed by atoms with Gasteiger partial charge in [0.1, 0.15) is 5.82 Å². The number of nitrogens with one attached hydrogen (secondary N) is 1. The molecule has 1 heterocycles. The van der Waals surface area contributed by atoms with E-state index < -0.39 is 17.6 Å². The van der Waals surface area contributed by atoms with Gasteiger partial charge in [0.2, 0.25) is 0 Å². The summed E-state index contributed by atoms with van der Waals surface area (Å²) in [6.07, 6.45) is -1.79. The van der Waals surface area contributed by atoms with Gasteiger partial charge in [-0.1, -0.05) is 6.07 Å². The number of hydrogen-bond acceptors (Lipinski definition) is 1. The molecule has 2 nitrogen and oxygen atoms in total. The van der Waals surface area contributed by atoms with Crippen molar-refractivity contribution in [2.75, 3.05) is 0 Å². The van der Waals surface area contributed by atoms with Gasteiger partial charge >= 0.3 is 6.18 Å². The fraction of sp³-hybridized carbons (Fsp3) is 0.100. The highest BCUT2D eigenvalue weighted by Crippen LogP contribution is 2.33. The van der Waals surface area contributed by atoms with E-state index in [4.69, 9.17) is 0 Å². The normalized spacial score (nSPS) is 11.8. The lowest BCUT2D eigenvalue weighted by atomic mass is 10.1. The van der Waals surface area contributed by atoms with Gasteiger partial charge in [-0.2, -0.15) is 18.3 Å². The van der Waals surface area contributed by atoms with Crippen molar-refractivity contribution in [2.45, 2.75) is 6.18 Å². The molecule has 0 aliphatic rings. The average molecular weight is 230 g/mol. The Morgan fingerprint density at radius 2 is 1.88 bits per heavy atom. The van der Waals surface area contributed by atoms with Crippen molar-refractivity contribution >= 4 is 0 Å². The van der Waals surface area contributed by atoms with Gasteiger partial charge in [-0.15, -0.1) is 0 Å². The van der Waals surface area contributed by atoms with E-state index in [1.807, 2.05) is 0 Å². The molecule has 84 valence electrons. The van der Waals surface area contributed by atoms with Crippen LogP contribution in [0.25, 0.3) is 11.1 Å². The Kier molecular flexibility index (Phi) is 2.41. The van der Waals surface area contributed by atoms with Gasteiger partial charge < -0.3 is 0 Å². The Hall–Kier alpha value is -1.85. The maximum atomic E-state index is 13.2. The summed E-state index contributed by atoms with van der Waals surface area (Å²) in [5.74, 6) is -1.29. The smallest absolute Gasteiger partial charge is 0.285 e. The van der Waals surface area contributed by atoms with Crippen LogP contribution in [0, 0.1) is 5.82 Å². The third-order valence-electron chi connectivity index (χ3n) is 2.11. The molecule has 0 saturated carbocycles. The molecule has 1 aromatic carbocycles. The summed E-state index contributed by atoms with van der Waals surface area (Å²) in [6, 6.07) is 2.77. The Labute approximate surface area is 87.9 Å². The Morgan fingerprint density at radius 1 is 1.12 bits per heavy atom. The Balaban J connectivity index is 2.45. The van der Waals surface area contributed by atoms with E-state index in [0.29, 0.717) is 11.1 Å². The zero-order chi connectivity index (χ0) is 11.8. The van der Waals surface area contributed by atoms with Crippen molar-refractivity contribution in [3.8, 4) is 11.1 Å². The molecule has 0 aliphatic heterocycles. The lowest BCUT2D eigenvalue weighted by Crippen LogP contribution is -2.07. The van der Waals surface area contributed by atoms with Crippen LogP contribution in [0.4, 0.5) is 17.6 Å². The van der Waals surface area contributed by atoms with E-state index in [-0.39, 0.29) is 0 Å². The van der Waals surface area contributed by atoms with Crippen LogP contribution in [0.1, 0.15) is 5.56 Å². The fourth-order valence-corrected chi connectivity index (χ4v) is 1.33. The number of hydrogen-bond donors (Lipinski definition) is 1. The molecular formula is C10H6F4N2. The van der Waals surface area contributed by atoms with Crippen LogP contribution in [-0.4, -0.2) is 10.2 Å². The van der Waals surface area contributed by atoms with E-state index in [2.05, 4.69) is 10.2 Å². The van der Waals surface area contributed by atoms with Crippen molar-refractivity contribution in [3.63, 3.8) is 0 Å². The van der Waals surface area contributed by atoms with Crippen LogP contribution >= 0.6 is 0 Å². The minimum atomic E-state index is -4.67. The highest BCUT2D eigenvalue weighted by molar-refractivity contribution is 5.62. The summed E-state index contributed by atoms with van der Waals surface area (Å²) in [5.41, 5.74) is -0.383. The first-order valence-corrected chi connectivity index (χ1v) is 4.34. The lowest BCUT2D eigenvalue weighted by molar-refractivity contribution is -0.139. The summed E-state index contributed by atoms with van der Waals surface area (Å²) in [6.45, 7) is 0. The molecule has 2 aromatic rings. The van der Waals surface area contributed by atoms with Crippen molar-refractivity contribution in [1.82, 2.24) is 10.2 Å². The van der Waals surface area contributed by atoms with Crippen LogP contribution in [0.5, 0.6) is 0 Å². The number of nitrogens with zero attached hydrogens (tertiary/aromatic N) is 1. The van der Waals surface area contributed by atoms with Crippen LogP contribution < -0.4 is 0 Å². The van der Waals surface area contributed by atoms with Crippen molar-refractivity contribution in [3.05, 3.63) is 42.0 Å². The van der Waals surface area contributed by atoms with E-state index in [0.717, 1.165) is 12.1 Å². The first-order chi connectivity index (χ1) is 7.48. The van der Waals surface area contributed by atoms with Crippen LogP contribution in [-0.2, 0) is 6.18 Å². The van der Waals surface area contributed by atoms with Gasteiger partial charge in [0.15, 0.2) is 0 Å². The minimum Gasteiger partial charge on any atom is -0.285 e. The van der Waals surface area contributed by atoms with Gasteiger partial charge in [-0.3, -0.25) is 5.10 Å². The number of rotatable bonds is 1. The maximum Gasteiger partial charge on any atom is 0.419 e. The first kappa shape index (κ1) is 10.7. The maximum absolute atomic E-state index is 13.2. The summed E-state index contributed by atoms with van der Waals surface area (Å²) < 4.78 is 50.0. The van der Waals surface area contributed by atoms with E-state index in [1.54, 1.807) is 0 Å². The quantitative estimate of drug-likeness (QED) is 0.748. The predicted octanol–water partition coefficient (Wildman–Crippen LogP) is 3.23. The molecule has 0 bridgehead atoms. The molecule has 0 atom stereocenters. The monoisotopic (exact) mass is 230 g/mol. The van der Waals surface area contributed by atoms with Gasteiger partial charge in [0.25, 0.3) is 0 Å². The SMILES string of the molecule is Fc1cc(-c2cn[nH]c2)ccc1C(F)(F)F. The number of aromatic nitrogens is 2. The van der Waals surface area contributed by atoms with Crippen LogP contribution in [0.15, 0.2) is 30.6 Å². The second-order valence-electron chi connectivity index (χ2n) is 3.18. The molecule has 1 aromatic heterocycles. The summed E-state index contributed by atoms with van der Waals surface area (Å²) in [5, 5.41) is 6.13. The Morgan fingerprint density at radius 3 is 2.38 bits per heavy atom. The van der Waals surface area contributed by atoms with Crippen molar-refractivity contribution in [1.29, 1.82) is 0 Å². The molecule has 1 N–H and O–H groups in total. The molecule has 2 rings (SSSR count). The van der Waals surface area contributed by atoms with E-state index >= 15 is 0 Å². The zero-order valence-corrected chi connectivity index (χ0v) is 7.85. The summed E-state index contributed by atoms with van der Waals surface area (Å²) in [7, 11) is 0. The highest BCUT2D eigenvalue weighted by Gasteiger charge is 2.33. The van der Waals surface area contributed by atoms with Crippen LogP contribution in [0.2, 0.25) is 0 Å². The number of benzene rings is 1. The van der Waals surface area contributed by atoms with Gasteiger partial charge in [-0.05, 0) is 17.7 Å². The Bertz CT molecular complexity index is 488. The first-order valence-electron chi connectivity index (χ1n) is 4.34. The zero-order valence-electron chi connectivity index (χ0n) is 7.85. The number of halogens is 4. The number of H-pyrrole nitrogens is 1. The molecule has 0 spiro atoms. The van der Waals surface area contributed by atoms with Crippen molar-refractivity contribution < 1.29 is 17.6 Å². The average Bonchev–Trinajstić information content (AvgIpc) is 2.68. The summed E-state index contributed by atoms with van der Waals surface area (Å²) in [4.78, 5) is 0. The number of aromatic amines is 1. The molecular weight excluding hydrogens is 224 g/mol. The molecule has 0 fully saturated rings.